The van der Waals surface area contributed by atoms with Gasteiger partial charge in [-0.05, 0) is 40.3 Å². The zero-order valence-electron chi connectivity index (χ0n) is 8.62. The molecule has 1 aromatic carbocycles. The van der Waals surface area contributed by atoms with Gasteiger partial charge in [-0.1, -0.05) is 12.1 Å². The molecule has 9 heteroatoms. The molecule has 1 rings (SSSR count). The Morgan fingerprint density at radius 1 is 1.35 bits per heavy atom. The fraction of sp³-hybridized carbons (Fsp3) is 0.125. The van der Waals surface area contributed by atoms with Crippen molar-refractivity contribution in [2.24, 2.45) is 16.5 Å². The second kappa shape index (κ2) is 7.42. The first kappa shape index (κ1) is 16.1. The maximum atomic E-state index is 8.74. The average Bonchev–Trinajstić information content (AvgIpc) is 2.12. The summed E-state index contributed by atoms with van der Waals surface area (Å²) in [5.41, 5.74) is 11.5. The van der Waals surface area contributed by atoms with E-state index in [-0.39, 0.29) is 5.96 Å². The summed E-state index contributed by atoms with van der Waals surface area (Å²) in [5.74, 6) is 0.133. The molecule has 17 heavy (non-hydrogen) atoms. The predicted molar refractivity (Wildman–Crippen MR) is 72.9 cm³/mol. The molecule has 0 aromatic heterocycles. The number of nitrogens with two attached hydrogens (primary N) is 2. The molecule has 0 aliphatic carbocycles. The molecule has 1 aromatic rings. The first-order valence-corrected chi connectivity index (χ1v) is 6.66. The molecule has 0 aliphatic rings. The zero-order valence-corrected chi connectivity index (χ0v) is 11.6. The fourth-order valence-corrected chi connectivity index (χ4v) is 1.43. The van der Waals surface area contributed by atoms with Gasteiger partial charge in [-0.3, -0.25) is 9.11 Å². The molecule has 0 unspecified atom stereocenters. The standard InChI is InChI=1S/C8H10IN3.H2O4S/c9-7-3-1-2-6(4-7)5-12-8(10)11;1-5(2,3)4/h1-4H,5H2,(H4,10,11,12);(H2,1,2,3,4)/i9+4;. The molecular weight excluding hydrogens is 365 g/mol. The van der Waals surface area contributed by atoms with Crippen LogP contribution < -0.4 is 11.5 Å². The highest BCUT2D eigenvalue weighted by Gasteiger charge is 1.91. The number of nitrogens with zero attached hydrogens (tertiary/aromatic N) is 1. The van der Waals surface area contributed by atoms with Crippen molar-refractivity contribution in [2.75, 3.05) is 0 Å². The summed E-state index contributed by atoms with van der Waals surface area (Å²) in [6.45, 7) is 0.555. The van der Waals surface area contributed by atoms with Gasteiger partial charge >= 0.3 is 10.4 Å². The van der Waals surface area contributed by atoms with Crippen LogP contribution in [0.3, 0.4) is 0 Å². The molecule has 0 amide bonds. The van der Waals surface area contributed by atoms with Crippen LogP contribution in [0.15, 0.2) is 29.3 Å². The molecular formula is C8H12IN3O4S. The number of benzene rings is 1. The van der Waals surface area contributed by atoms with Crippen LogP contribution in [0.2, 0.25) is 0 Å². The number of rotatable bonds is 2. The summed E-state index contributed by atoms with van der Waals surface area (Å²) >= 11 is 2.25. The lowest BCUT2D eigenvalue weighted by atomic mass is 10.2. The minimum Gasteiger partial charge on any atom is -0.370 e. The lowest BCUT2D eigenvalue weighted by molar-refractivity contribution is 0.381. The van der Waals surface area contributed by atoms with Crippen LogP contribution in [0.25, 0.3) is 0 Å². The first-order chi connectivity index (χ1) is 7.68. The van der Waals surface area contributed by atoms with Gasteiger partial charge < -0.3 is 11.5 Å². The molecule has 0 bridgehead atoms. The highest BCUT2D eigenvalue weighted by Crippen LogP contribution is 2.08. The minimum atomic E-state index is -4.67. The van der Waals surface area contributed by atoms with Crippen molar-refractivity contribution in [3.63, 3.8) is 0 Å². The fourth-order valence-electron chi connectivity index (χ4n) is 0.818. The summed E-state index contributed by atoms with van der Waals surface area (Å²) < 4.78 is 32.8. The third-order valence-electron chi connectivity index (χ3n) is 1.33. The van der Waals surface area contributed by atoms with Crippen LogP contribution in [0.5, 0.6) is 0 Å². The zero-order chi connectivity index (χ0) is 13.5. The van der Waals surface area contributed by atoms with Gasteiger partial charge in [0.2, 0.25) is 0 Å². The van der Waals surface area contributed by atoms with Crippen LogP contribution in [-0.2, 0) is 16.9 Å². The van der Waals surface area contributed by atoms with E-state index in [4.69, 9.17) is 29.0 Å². The number of hydrogen-bond donors (Lipinski definition) is 4. The average molecular weight is 377 g/mol. The Hall–Kier alpha value is -0.910. The van der Waals surface area contributed by atoms with Crippen LogP contribution in [0, 0.1) is 3.57 Å². The van der Waals surface area contributed by atoms with E-state index in [1.54, 1.807) is 0 Å². The van der Waals surface area contributed by atoms with Gasteiger partial charge in [-0.15, -0.1) is 0 Å². The van der Waals surface area contributed by atoms with Crippen molar-refractivity contribution in [1.82, 2.24) is 0 Å². The topological polar surface area (TPSA) is 139 Å². The molecule has 96 valence electrons. The third kappa shape index (κ3) is 13.0. The highest BCUT2D eigenvalue weighted by atomic mass is 131. The predicted octanol–water partition coefficient (Wildman–Crippen LogP) is 0.412. The number of hydrogen-bond acceptors (Lipinski definition) is 3. The lowest BCUT2D eigenvalue weighted by Gasteiger charge is -1.97. The molecule has 0 atom stereocenters. The van der Waals surface area contributed by atoms with E-state index >= 15 is 0 Å². The summed E-state index contributed by atoms with van der Waals surface area (Å²) in [4.78, 5) is 3.90. The number of halogens is 1. The molecule has 0 heterocycles. The van der Waals surface area contributed by atoms with Crippen molar-refractivity contribution in [3.05, 3.63) is 33.4 Å². The largest absolute Gasteiger partial charge is 0.394 e. The highest BCUT2D eigenvalue weighted by molar-refractivity contribution is 14.1. The molecule has 0 spiro atoms. The summed E-state index contributed by atoms with van der Waals surface area (Å²) in [6, 6.07) is 8.06. The maximum absolute atomic E-state index is 8.74. The second-order valence-corrected chi connectivity index (χ2v) is 4.96. The summed E-state index contributed by atoms with van der Waals surface area (Å²) in [6.07, 6.45) is 0. The van der Waals surface area contributed by atoms with Gasteiger partial charge in [-0.2, -0.15) is 8.42 Å². The van der Waals surface area contributed by atoms with Crippen LogP contribution in [-0.4, -0.2) is 23.5 Å². The first-order valence-electron chi connectivity index (χ1n) is 4.18. The van der Waals surface area contributed by atoms with Gasteiger partial charge in [0.25, 0.3) is 0 Å². The van der Waals surface area contributed by atoms with Gasteiger partial charge in [0.15, 0.2) is 5.96 Å². The molecule has 0 saturated heterocycles. The SMILES string of the molecule is NC(N)=NCc1cccc([131I])c1.O=S(=O)(O)O. The van der Waals surface area contributed by atoms with Crippen molar-refractivity contribution >= 4 is 38.9 Å². The smallest absolute Gasteiger partial charge is 0.370 e. The van der Waals surface area contributed by atoms with Gasteiger partial charge in [0.05, 0.1) is 6.54 Å². The Balaban J connectivity index is 0.000000437. The van der Waals surface area contributed by atoms with Gasteiger partial charge in [0, 0.05) is 3.57 Å². The second-order valence-electron chi connectivity index (χ2n) is 2.82. The van der Waals surface area contributed by atoms with E-state index in [2.05, 4.69) is 27.6 Å². The van der Waals surface area contributed by atoms with Crippen molar-refractivity contribution in [3.8, 4) is 0 Å². The molecule has 6 N–H and O–H groups in total. The van der Waals surface area contributed by atoms with E-state index in [1.807, 2.05) is 24.3 Å². The van der Waals surface area contributed by atoms with E-state index < -0.39 is 10.4 Å². The van der Waals surface area contributed by atoms with Gasteiger partial charge in [-0.25, -0.2) is 4.99 Å². The maximum Gasteiger partial charge on any atom is 0.394 e. The van der Waals surface area contributed by atoms with Crippen LogP contribution >= 0.6 is 22.6 Å². The van der Waals surface area contributed by atoms with E-state index in [0.29, 0.717) is 6.54 Å². The summed E-state index contributed by atoms with van der Waals surface area (Å²) in [5, 5.41) is 0. The Bertz CT molecular complexity index is 477. The van der Waals surface area contributed by atoms with Crippen LogP contribution in [0.1, 0.15) is 5.56 Å². The molecule has 0 radical (unpaired) electrons. The van der Waals surface area contributed by atoms with E-state index in [0.717, 1.165) is 5.56 Å². The lowest BCUT2D eigenvalue weighted by Crippen LogP contribution is -2.22. The van der Waals surface area contributed by atoms with Crippen LogP contribution in [0.4, 0.5) is 0 Å². The van der Waals surface area contributed by atoms with E-state index in [9.17, 15) is 0 Å². The number of guanidine groups is 1. The molecule has 0 aliphatic heterocycles. The van der Waals surface area contributed by atoms with Gasteiger partial charge in [0.1, 0.15) is 0 Å². The Labute approximate surface area is 113 Å². The molecule has 0 saturated carbocycles. The summed E-state index contributed by atoms with van der Waals surface area (Å²) in [7, 11) is -4.67. The molecule has 0 fully saturated rings. The Kier molecular flexibility index (Phi) is 7.03. The minimum absolute atomic E-state index is 0.133. The monoisotopic (exact) mass is 377 g/mol. The van der Waals surface area contributed by atoms with E-state index in [1.165, 1.54) is 3.57 Å². The quantitative estimate of drug-likeness (QED) is 0.255. The number of aliphatic imine (C=N–C) groups is 1. The Morgan fingerprint density at radius 3 is 2.29 bits per heavy atom. The van der Waals surface area contributed by atoms with Crippen molar-refractivity contribution in [2.45, 2.75) is 6.54 Å². The normalized spacial score (nSPS) is 10.1. The third-order valence-corrected chi connectivity index (χ3v) is 2.00. The van der Waals surface area contributed by atoms with Crippen molar-refractivity contribution < 1.29 is 17.5 Å². The van der Waals surface area contributed by atoms with Crippen molar-refractivity contribution in [1.29, 1.82) is 0 Å². The molecule has 7 nitrogen and oxygen atoms in total. The Morgan fingerprint density at radius 2 is 1.88 bits per heavy atom.